The number of rotatable bonds is 13. The minimum atomic E-state index is -0.611. The van der Waals surface area contributed by atoms with Gasteiger partial charge in [0.2, 0.25) is 5.82 Å². The third kappa shape index (κ3) is 6.75. The Hall–Kier alpha value is -3.99. The highest BCUT2D eigenvalue weighted by molar-refractivity contribution is 5.71. The Bertz CT molecular complexity index is 1070. The second kappa shape index (κ2) is 12.3. The van der Waals surface area contributed by atoms with Crippen molar-refractivity contribution in [3.05, 3.63) is 70.4 Å². The van der Waals surface area contributed by atoms with Crippen molar-refractivity contribution in [2.75, 3.05) is 24.7 Å². The van der Waals surface area contributed by atoms with Crippen LogP contribution in [-0.2, 0) is 22.5 Å². The van der Waals surface area contributed by atoms with Gasteiger partial charge in [-0.05, 0) is 49.6 Å². The minimum Gasteiger partial charge on any atom is -0.467 e. The molecule has 0 fully saturated rings. The van der Waals surface area contributed by atoms with E-state index in [9.17, 15) is 14.9 Å². The number of hydrogen-bond donors (Lipinski definition) is 1. The van der Waals surface area contributed by atoms with Crippen LogP contribution in [0.4, 0.5) is 11.5 Å². The molecule has 34 heavy (non-hydrogen) atoms. The van der Waals surface area contributed by atoms with Gasteiger partial charge in [0.05, 0.1) is 30.8 Å². The van der Waals surface area contributed by atoms with Gasteiger partial charge >= 0.3 is 17.5 Å². The van der Waals surface area contributed by atoms with Gasteiger partial charge in [-0.2, -0.15) is 4.98 Å². The summed E-state index contributed by atoms with van der Waals surface area (Å²) < 4.78 is 16.1. The van der Waals surface area contributed by atoms with E-state index >= 15 is 0 Å². The number of hydrogen-bond acceptors (Lipinski definition) is 10. The van der Waals surface area contributed by atoms with E-state index in [0.29, 0.717) is 24.4 Å². The van der Waals surface area contributed by atoms with Crippen molar-refractivity contribution in [2.24, 2.45) is 0 Å². The molecule has 2 heterocycles. The molecule has 0 spiro atoms. The average Bonchev–Trinajstić information content (AvgIpc) is 3.34. The molecule has 0 aliphatic heterocycles. The number of esters is 1. The van der Waals surface area contributed by atoms with Gasteiger partial charge in [-0.25, -0.2) is 4.98 Å². The smallest absolute Gasteiger partial charge is 0.373 e. The maximum Gasteiger partial charge on any atom is 0.373 e. The highest BCUT2D eigenvalue weighted by atomic mass is 16.6. The summed E-state index contributed by atoms with van der Waals surface area (Å²) in [4.78, 5) is 33.0. The summed E-state index contributed by atoms with van der Waals surface area (Å²) in [5.74, 6) is 0.248. The van der Waals surface area contributed by atoms with E-state index in [0.717, 1.165) is 5.56 Å². The lowest BCUT2D eigenvalue weighted by Crippen LogP contribution is -2.28. The second-order valence-electron chi connectivity index (χ2n) is 7.24. The summed E-state index contributed by atoms with van der Waals surface area (Å²) in [7, 11) is 0. The Kier molecular flexibility index (Phi) is 8.92. The molecule has 3 rings (SSSR count). The summed E-state index contributed by atoms with van der Waals surface area (Å²) in [6, 6.07) is 10.4. The highest BCUT2D eigenvalue weighted by Crippen LogP contribution is 2.36. The van der Waals surface area contributed by atoms with E-state index in [2.05, 4.69) is 9.97 Å². The summed E-state index contributed by atoms with van der Waals surface area (Å²) >= 11 is 0. The average molecular weight is 470 g/mol. The van der Waals surface area contributed by atoms with Crippen molar-refractivity contribution >= 4 is 17.5 Å². The molecule has 0 unspecified atom stereocenters. The number of anilines is 1. The van der Waals surface area contributed by atoms with Gasteiger partial charge in [-0.1, -0.05) is 12.1 Å². The number of ether oxygens (including phenoxy) is 2. The Morgan fingerprint density at radius 2 is 2.03 bits per heavy atom. The van der Waals surface area contributed by atoms with Crippen molar-refractivity contribution in [3.63, 3.8) is 0 Å². The number of carbonyl (C=O) groups is 1. The van der Waals surface area contributed by atoms with E-state index in [1.165, 1.54) is 12.6 Å². The molecule has 3 aromatic rings. The van der Waals surface area contributed by atoms with E-state index in [1.54, 1.807) is 36.1 Å². The first-order valence-electron chi connectivity index (χ1n) is 10.8. The second-order valence-corrected chi connectivity index (χ2v) is 7.24. The van der Waals surface area contributed by atoms with Gasteiger partial charge in [0.1, 0.15) is 17.8 Å². The highest BCUT2D eigenvalue weighted by Gasteiger charge is 2.29. The molecule has 1 N–H and O–H groups in total. The molecule has 2 aromatic heterocycles. The standard InChI is InChI=1S/C23H26N4O7/c1-2-32-20(29)11-12-26(15-19-6-4-14-33-19)22-21(27(30)31)23(25-16-24-22)34-18-9-7-17(8-10-18)5-3-13-28/h4,6-10,14,16,28H,2-3,5,11-13,15H2,1H3. The van der Waals surface area contributed by atoms with Crippen LogP contribution in [0.1, 0.15) is 31.1 Å². The fourth-order valence-electron chi connectivity index (χ4n) is 3.25. The molecule has 1 aromatic carbocycles. The summed E-state index contributed by atoms with van der Waals surface area (Å²) in [6.45, 7) is 2.29. The van der Waals surface area contributed by atoms with Crippen molar-refractivity contribution in [2.45, 2.75) is 32.7 Å². The van der Waals surface area contributed by atoms with Crippen LogP contribution < -0.4 is 9.64 Å². The number of aryl methyl sites for hydroxylation is 1. The van der Waals surface area contributed by atoms with Gasteiger partial charge in [0.15, 0.2) is 0 Å². The number of nitro groups is 1. The lowest BCUT2D eigenvalue weighted by molar-refractivity contribution is -0.385. The predicted octanol–water partition coefficient (Wildman–Crippen LogP) is 3.65. The zero-order valence-corrected chi connectivity index (χ0v) is 18.8. The number of aromatic nitrogens is 2. The largest absolute Gasteiger partial charge is 0.467 e. The molecule has 11 heteroatoms. The molecule has 0 saturated carbocycles. The maximum atomic E-state index is 12.0. The van der Waals surface area contributed by atoms with Gasteiger partial charge in [0, 0.05) is 13.2 Å². The number of nitrogens with zero attached hydrogens (tertiary/aromatic N) is 4. The number of carbonyl (C=O) groups excluding carboxylic acids is 1. The van der Waals surface area contributed by atoms with Crippen molar-refractivity contribution < 1.29 is 28.7 Å². The minimum absolute atomic E-state index is 0.00119. The lowest BCUT2D eigenvalue weighted by atomic mass is 10.1. The molecular formula is C23H26N4O7. The Morgan fingerprint density at radius 3 is 2.68 bits per heavy atom. The van der Waals surface area contributed by atoms with Crippen molar-refractivity contribution in [3.8, 4) is 11.6 Å². The van der Waals surface area contributed by atoms with Crippen molar-refractivity contribution in [1.29, 1.82) is 0 Å². The van der Waals surface area contributed by atoms with Crippen LogP contribution in [0, 0.1) is 10.1 Å². The monoisotopic (exact) mass is 470 g/mol. The van der Waals surface area contributed by atoms with Crippen LogP contribution in [0.25, 0.3) is 0 Å². The van der Waals surface area contributed by atoms with Gasteiger partial charge in [-0.15, -0.1) is 0 Å². The molecule has 0 saturated heterocycles. The molecule has 0 aliphatic carbocycles. The predicted molar refractivity (Wildman–Crippen MR) is 122 cm³/mol. The first-order chi connectivity index (χ1) is 16.5. The number of benzene rings is 1. The normalized spacial score (nSPS) is 10.6. The van der Waals surface area contributed by atoms with E-state index in [-0.39, 0.29) is 44.4 Å². The first-order valence-corrected chi connectivity index (χ1v) is 10.8. The summed E-state index contributed by atoms with van der Waals surface area (Å²) in [5, 5.41) is 21.0. The third-order valence-electron chi connectivity index (χ3n) is 4.83. The molecule has 180 valence electrons. The maximum absolute atomic E-state index is 12.0. The number of aliphatic hydroxyl groups is 1. The van der Waals surface area contributed by atoms with Crippen LogP contribution in [0.15, 0.2) is 53.4 Å². The molecule has 0 radical (unpaired) electrons. The first kappa shape index (κ1) is 24.6. The summed E-state index contributed by atoms with van der Waals surface area (Å²) in [6.07, 6.45) is 4.01. The zero-order valence-electron chi connectivity index (χ0n) is 18.8. The Morgan fingerprint density at radius 1 is 1.24 bits per heavy atom. The lowest BCUT2D eigenvalue weighted by Gasteiger charge is -2.22. The van der Waals surface area contributed by atoms with Gasteiger partial charge in [0.25, 0.3) is 0 Å². The Labute approximate surface area is 196 Å². The van der Waals surface area contributed by atoms with Crippen LogP contribution >= 0.6 is 0 Å². The summed E-state index contributed by atoms with van der Waals surface area (Å²) in [5.41, 5.74) is 0.574. The van der Waals surface area contributed by atoms with Gasteiger partial charge in [-0.3, -0.25) is 14.9 Å². The van der Waals surface area contributed by atoms with Crippen LogP contribution in [-0.4, -0.2) is 45.7 Å². The number of furan rings is 1. The number of aliphatic hydroxyl groups excluding tert-OH is 1. The molecular weight excluding hydrogens is 444 g/mol. The van der Waals surface area contributed by atoms with Crippen LogP contribution in [0.3, 0.4) is 0 Å². The van der Waals surface area contributed by atoms with Crippen molar-refractivity contribution in [1.82, 2.24) is 9.97 Å². The molecule has 11 nitrogen and oxygen atoms in total. The van der Waals surface area contributed by atoms with E-state index < -0.39 is 16.6 Å². The molecule has 0 amide bonds. The van der Waals surface area contributed by atoms with Crippen LogP contribution in [0.5, 0.6) is 11.6 Å². The molecule has 0 bridgehead atoms. The zero-order chi connectivity index (χ0) is 24.3. The van der Waals surface area contributed by atoms with E-state index in [1.807, 2.05) is 12.1 Å². The SMILES string of the molecule is CCOC(=O)CCN(Cc1ccco1)c1ncnc(Oc2ccc(CCCO)cc2)c1[N+](=O)[O-]. The fraction of sp³-hybridized carbons (Fsp3) is 0.348. The molecule has 0 atom stereocenters. The Balaban J connectivity index is 1.89. The van der Waals surface area contributed by atoms with Gasteiger partial charge < -0.3 is 23.9 Å². The quantitative estimate of drug-likeness (QED) is 0.223. The molecule has 0 aliphatic rings. The van der Waals surface area contributed by atoms with E-state index in [4.69, 9.17) is 19.0 Å². The topological polar surface area (TPSA) is 141 Å². The fourth-order valence-corrected chi connectivity index (χ4v) is 3.25. The van der Waals surface area contributed by atoms with Crippen LogP contribution in [0.2, 0.25) is 0 Å². The third-order valence-corrected chi connectivity index (χ3v) is 4.83.